The molecule has 1 N–H and O–H groups in total. The van der Waals surface area contributed by atoms with Crippen LogP contribution in [0.25, 0.3) is 16.8 Å². The largest absolute Gasteiger partial charge is 0.478 e. The number of nitrogens with zero attached hydrogens (tertiary/aromatic N) is 2. The van der Waals surface area contributed by atoms with Gasteiger partial charge in [0.05, 0.1) is 11.3 Å². The number of benzene rings is 2. The highest BCUT2D eigenvalue weighted by atomic mass is 16.5. The van der Waals surface area contributed by atoms with Gasteiger partial charge in [0.1, 0.15) is 11.4 Å². The first-order valence-corrected chi connectivity index (χ1v) is 8.73. The molecule has 4 aromatic rings. The third-order valence-corrected chi connectivity index (χ3v) is 4.41. The molecule has 0 aliphatic heterocycles. The van der Waals surface area contributed by atoms with Gasteiger partial charge in [-0.2, -0.15) is 0 Å². The number of hydrogen-bond acceptors (Lipinski definition) is 3. The molecule has 0 amide bonds. The minimum Gasteiger partial charge on any atom is -0.478 e. The third kappa shape index (κ3) is 3.27. The highest BCUT2D eigenvalue weighted by Crippen LogP contribution is 2.28. The van der Waals surface area contributed by atoms with Gasteiger partial charge in [0.25, 0.3) is 0 Å². The lowest BCUT2D eigenvalue weighted by Gasteiger charge is -2.10. The van der Waals surface area contributed by atoms with E-state index in [0.29, 0.717) is 17.2 Å². The molecule has 2 aromatic heterocycles. The van der Waals surface area contributed by atoms with E-state index >= 15 is 0 Å². The lowest BCUT2D eigenvalue weighted by atomic mass is 10.00. The normalized spacial score (nSPS) is 10.9. The van der Waals surface area contributed by atoms with Gasteiger partial charge in [-0.15, -0.1) is 0 Å². The number of carboxylic acid groups (broad SMARTS) is 1. The second-order valence-electron chi connectivity index (χ2n) is 6.16. The Morgan fingerprint density at radius 1 is 1.04 bits per heavy atom. The fourth-order valence-electron chi connectivity index (χ4n) is 3.03. The maximum absolute atomic E-state index is 11.4. The number of carboxylic acids is 1. The molecule has 2 aromatic carbocycles. The topological polar surface area (TPSA) is 63.8 Å². The molecule has 0 spiro atoms. The Morgan fingerprint density at radius 3 is 2.56 bits per heavy atom. The summed E-state index contributed by atoms with van der Waals surface area (Å²) in [5.74, 6) is 0.411. The van der Waals surface area contributed by atoms with Gasteiger partial charge in [-0.05, 0) is 47.9 Å². The van der Waals surface area contributed by atoms with E-state index in [0.717, 1.165) is 23.3 Å². The highest BCUT2D eigenvalue weighted by molar-refractivity contribution is 5.96. The summed E-state index contributed by atoms with van der Waals surface area (Å²) < 4.78 is 7.95. The second kappa shape index (κ2) is 6.96. The quantitative estimate of drug-likeness (QED) is 0.542. The number of imidazole rings is 1. The number of pyridine rings is 1. The number of fused-ring (bicyclic) bond motifs is 1. The number of ether oxygens (including phenoxy) is 1. The van der Waals surface area contributed by atoms with E-state index in [1.54, 1.807) is 18.2 Å². The van der Waals surface area contributed by atoms with Crippen molar-refractivity contribution in [1.29, 1.82) is 0 Å². The Labute approximate surface area is 156 Å². The van der Waals surface area contributed by atoms with Gasteiger partial charge in [0.15, 0.2) is 0 Å². The van der Waals surface area contributed by atoms with Gasteiger partial charge in [-0.1, -0.05) is 43.3 Å². The molecule has 2 heterocycles. The Morgan fingerprint density at radius 2 is 1.81 bits per heavy atom. The fraction of sp³-hybridized carbons (Fsp3) is 0.0909. The van der Waals surface area contributed by atoms with E-state index in [-0.39, 0.29) is 5.56 Å². The second-order valence-corrected chi connectivity index (χ2v) is 6.16. The van der Waals surface area contributed by atoms with Crippen molar-refractivity contribution in [3.05, 3.63) is 84.2 Å². The van der Waals surface area contributed by atoms with Crippen LogP contribution in [-0.2, 0) is 6.42 Å². The molecule has 5 nitrogen and oxygen atoms in total. The summed E-state index contributed by atoms with van der Waals surface area (Å²) in [4.78, 5) is 16.0. The number of aromatic carboxylic acids is 1. The zero-order valence-electron chi connectivity index (χ0n) is 14.8. The third-order valence-electron chi connectivity index (χ3n) is 4.41. The van der Waals surface area contributed by atoms with Crippen molar-refractivity contribution in [2.75, 3.05) is 0 Å². The van der Waals surface area contributed by atoms with Crippen LogP contribution in [0.3, 0.4) is 0 Å². The molecule has 27 heavy (non-hydrogen) atoms. The summed E-state index contributed by atoms with van der Waals surface area (Å²) in [5.41, 5.74) is 3.64. The maximum atomic E-state index is 11.4. The molecule has 0 saturated carbocycles. The Bertz CT molecular complexity index is 1110. The van der Waals surface area contributed by atoms with Gasteiger partial charge >= 0.3 is 5.97 Å². The number of aryl methyl sites for hydroxylation is 1. The van der Waals surface area contributed by atoms with Crippen LogP contribution in [0.15, 0.2) is 72.9 Å². The molecule has 0 fully saturated rings. The van der Waals surface area contributed by atoms with E-state index < -0.39 is 5.97 Å². The molecule has 4 rings (SSSR count). The summed E-state index contributed by atoms with van der Waals surface area (Å²) in [6.07, 6.45) is 2.83. The van der Waals surface area contributed by atoms with Crippen molar-refractivity contribution in [2.24, 2.45) is 0 Å². The van der Waals surface area contributed by atoms with Crippen molar-refractivity contribution in [1.82, 2.24) is 9.38 Å². The molecular formula is C22H18N2O3. The lowest BCUT2D eigenvalue weighted by molar-refractivity contribution is 0.0697. The number of hydrogen-bond donors (Lipinski definition) is 1. The summed E-state index contributed by atoms with van der Waals surface area (Å²) >= 11 is 0. The SMILES string of the molecule is CCc1cn2c(Oc3ccc(-c4ccccc4C(=O)O)cc3)cccc2n1. The first-order chi connectivity index (χ1) is 13.2. The van der Waals surface area contributed by atoms with Crippen LogP contribution in [0, 0.1) is 0 Å². The average Bonchev–Trinajstić information content (AvgIpc) is 3.13. The minimum atomic E-state index is -0.940. The summed E-state index contributed by atoms with van der Waals surface area (Å²) in [5, 5.41) is 9.37. The molecular weight excluding hydrogens is 340 g/mol. The van der Waals surface area contributed by atoms with Crippen LogP contribution in [0.4, 0.5) is 0 Å². The Kier molecular flexibility index (Phi) is 4.34. The summed E-state index contributed by atoms with van der Waals surface area (Å²) in [7, 11) is 0. The van der Waals surface area contributed by atoms with Gasteiger partial charge in [0.2, 0.25) is 5.88 Å². The molecule has 0 aliphatic rings. The summed E-state index contributed by atoms with van der Waals surface area (Å²) in [6, 6.07) is 20.1. The molecule has 0 aliphatic carbocycles. The summed E-state index contributed by atoms with van der Waals surface area (Å²) in [6.45, 7) is 2.07. The van der Waals surface area contributed by atoms with E-state index in [4.69, 9.17) is 4.74 Å². The smallest absolute Gasteiger partial charge is 0.336 e. The highest BCUT2D eigenvalue weighted by Gasteiger charge is 2.11. The monoisotopic (exact) mass is 358 g/mol. The first-order valence-electron chi connectivity index (χ1n) is 8.73. The maximum Gasteiger partial charge on any atom is 0.336 e. The van der Waals surface area contributed by atoms with Crippen molar-refractivity contribution in [3.63, 3.8) is 0 Å². The van der Waals surface area contributed by atoms with Crippen molar-refractivity contribution < 1.29 is 14.6 Å². The zero-order chi connectivity index (χ0) is 18.8. The average molecular weight is 358 g/mol. The number of aromatic nitrogens is 2. The zero-order valence-corrected chi connectivity index (χ0v) is 14.8. The molecule has 0 atom stereocenters. The number of rotatable bonds is 5. The standard InChI is InChI=1S/C22H18N2O3/c1-2-16-14-24-20(23-16)8-5-9-21(24)27-17-12-10-15(11-13-17)18-6-3-4-7-19(18)22(25)26/h3-14H,2H2,1H3,(H,25,26). The van der Waals surface area contributed by atoms with Crippen LogP contribution in [0.1, 0.15) is 23.0 Å². The molecule has 0 bridgehead atoms. The van der Waals surface area contributed by atoms with Crippen LogP contribution < -0.4 is 4.74 Å². The molecule has 5 heteroatoms. The molecule has 0 radical (unpaired) electrons. The van der Waals surface area contributed by atoms with Crippen molar-refractivity contribution in [2.45, 2.75) is 13.3 Å². The fourth-order valence-corrected chi connectivity index (χ4v) is 3.03. The van der Waals surface area contributed by atoms with Crippen molar-refractivity contribution >= 4 is 11.6 Å². The van der Waals surface area contributed by atoms with E-state index in [9.17, 15) is 9.90 Å². The van der Waals surface area contributed by atoms with Gasteiger partial charge in [-0.25, -0.2) is 9.78 Å². The van der Waals surface area contributed by atoms with E-state index in [1.165, 1.54) is 0 Å². The van der Waals surface area contributed by atoms with Gasteiger partial charge in [-0.3, -0.25) is 4.40 Å². The Hall–Kier alpha value is -3.60. The van der Waals surface area contributed by atoms with Gasteiger partial charge in [0, 0.05) is 6.20 Å². The Balaban J connectivity index is 1.64. The van der Waals surface area contributed by atoms with Crippen LogP contribution >= 0.6 is 0 Å². The number of carbonyl (C=O) groups is 1. The predicted octanol–water partition coefficient (Wildman–Crippen LogP) is 5.05. The minimum absolute atomic E-state index is 0.279. The molecule has 0 unspecified atom stereocenters. The lowest BCUT2D eigenvalue weighted by Crippen LogP contribution is -1.99. The van der Waals surface area contributed by atoms with E-state index in [1.807, 2.05) is 59.1 Å². The predicted molar refractivity (Wildman–Crippen MR) is 103 cm³/mol. The van der Waals surface area contributed by atoms with Crippen LogP contribution in [0.2, 0.25) is 0 Å². The van der Waals surface area contributed by atoms with Crippen LogP contribution in [-0.4, -0.2) is 20.5 Å². The van der Waals surface area contributed by atoms with Crippen LogP contribution in [0.5, 0.6) is 11.6 Å². The molecule has 134 valence electrons. The van der Waals surface area contributed by atoms with E-state index in [2.05, 4.69) is 11.9 Å². The van der Waals surface area contributed by atoms with Gasteiger partial charge < -0.3 is 9.84 Å². The first kappa shape index (κ1) is 16.8. The van der Waals surface area contributed by atoms with Crippen molar-refractivity contribution in [3.8, 4) is 22.8 Å². The molecule has 0 saturated heterocycles.